The molecule has 0 aromatic heterocycles. The first-order valence-electron chi connectivity index (χ1n) is 8.11. The lowest BCUT2D eigenvalue weighted by Gasteiger charge is -2.36. The van der Waals surface area contributed by atoms with Crippen LogP contribution in [0.2, 0.25) is 0 Å². The van der Waals surface area contributed by atoms with Gasteiger partial charge in [0.1, 0.15) is 0 Å². The number of hydrogen-bond donors (Lipinski definition) is 0. The largest absolute Gasteiger partial charge is 0.416 e. The quantitative estimate of drug-likeness (QED) is 0.746. The third-order valence-electron chi connectivity index (χ3n) is 4.82. The summed E-state index contributed by atoms with van der Waals surface area (Å²) in [6.45, 7) is 1.17. The lowest BCUT2D eigenvalue weighted by Crippen LogP contribution is -2.52. The van der Waals surface area contributed by atoms with Crippen LogP contribution in [0.1, 0.15) is 12.0 Å². The Morgan fingerprint density at radius 3 is 2.04 bits per heavy atom. The summed E-state index contributed by atoms with van der Waals surface area (Å²) in [5.41, 5.74) is -0.899. The average Bonchev–Trinajstić information content (AvgIpc) is 2.94. The Hall–Kier alpha value is -1.17. The van der Waals surface area contributed by atoms with E-state index in [1.54, 1.807) is 0 Å². The molecule has 0 amide bonds. The zero-order valence-corrected chi connectivity index (χ0v) is 15.4. The predicted octanol–water partition coefficient (Wildman–Crippen LogP) is 1.20. The summed E-state index contributed by atoms with van der Waals surface area (Å²) in [5, 5.41) is 0. The van der Waals surface area contributed by atoms with E-state index in [1.807, 2.05) is 4.90 Å². The maximum Gasteiger partial charge on any atom is 0.416 e. The van der Waals surface area contributed by atoms with Crippen molar-refractivity contribution >= 4 is 19.9 Å². The van der Waals surface area contributed by atoms with Crippen molar-refractivity contribution in [3.05, 3.63) is 29.8 Å². The number of alkyl halides is 3. The van der Waals surface area contributed by atoms with Crippen LogP contribution < -0.4 is 0 Å². The van der Waals surface area contributed by atoms with Crippen molar-refractivity contribution in [3.63, 3.8) is 0 Å². The van der Waals surface area contributed by atoms with Crippen LogP contribution in [0.3, 0.4) is 0 Å². The SMILES string of the molecule is O=S1(=O)CCC(N2CCN(S(=O)(=O)c3ccc(C(F)(F)F)cc3)CC2)C1. The van der Waals surface area contributed by atoms with Crippen LogP contribution in [0.25, 0.3) is 0 Å². The lowest BCUT2D eigenvalue weighted by molar-refractivity contribution is -0.137. The van der Waals surface area contributed by atoms with Gasteiger partial charge < -0.3 is 0 Å². The van der Waals surface area contributed by atoms with Crippen LogP contribution in [-0.4, -0.2) is 69.8 Å². The summed E-state index contributed by atoms with van der Waals surface area (Å²) in [7, 11) is -6.88. The van der Waals surface area contributed by atoms with Crippen LogP contribution in [0.15, 0.2) is 29.2 Å². The molecule has 26 heavy (non-hydrogen) atoms. The molecule has 0 radical (unpaired) electrons. The number of sulfonamides is 1. The van der Waals surface area contributed by atoms with Crippen LogP contribution in [-0.2, 0) is 26.0 Å². The average molecular weight is 412 g/mol. The first kappa shape index (κ1) is 19.6. The van der Waals surface area contributed by atoms with E-state index >= 15 is 0 Å². The molecule has 1 aromatic rings. The predicted molar refractivity (Wildman–Crippen MR) is 88.8 cm³/mol. The van der Waals surface area contributed by atoms with Gasteiger partial charge in [0, 0.05) is 32.2 Å². The zero-order valence-electron chi connectivity index (χ0n) is 13.8. The van der Waals surface area contributed by atoms with E-state index in [0.29, 0.717) is 19.5 Å². The first-order valence-corrected chi connectivity index (χ1v) is 11.4. The normalized spacial score (nSPS) is 25.4. The monoisotopic (exact) mass is 412 g/mol. The fraction of sp³-hybridized carbons (Fsp3) is 0.600. The summed E-state index contributed by atoms with van der Waals surface area (Å²) >= 11 is 0. The molecule has 0 saturated carbocycles. The molecule has 2 fully saturated rings. The topological polar surface area (TPSA) is 74.8 Å². The van der Waals surface area contributed by atoms with Gasteiger partial charge in [-0.2, -0.15) is 17.5 Å². The molecule has 1 unspecified atom stereocenters. The molecular formula is C15H19F3N2O4S2. The van der Waals surface area contributed by atoms with Crippen LogP contribution >= 0.6 is 0 Å². The van der Waals surface area contributed by atoms with Gasteiger partial charge in [-0.25, -0.2) is 16.8 Å². The fourth-order valence-corrected chi connectivity index (χ4v) is 6.52. The maximum absolute atomic E-state index is 12.6. The minimum atomic E-state index is -4.52. The molecule has 2 aliphatic rings. The second-order valence-electron chi connectivity index (χ2n) is 6.52. The van der Waals surface area contributed by atoms with Gasteiger partial charge in [0.25, 0.3) is 0 Å². The van der Waals surface area contributed by atoms with Gasteiger partial charge in [-0.05, 0) is 30.7 Å². The van der Waals surface area contributed by atoms with Crippen molar-refractivity contribution in [2.45, 2.75) is 23.5 Å². The van der Waals surface area contributed by atoms with Crippen molar-refractivity contribution in [3.8, 4) is 0 Å². The fourth-order valence-electron chi connectivity index (χ4n) is 3.34. The van der Waals surface area contributed by atoms with E-state index in [2.05, 4.69) is 0 Å². The number of nitrogens with zero attached hydrogens (tertiary/aromatic N) is 2. The highest BCUT2D eigenvalue weighted by Gasteiger charge is 2.36. The number of hydrogen-bond acceptors (Lipinski definition) is 5. The van der Waals surface area contributed by atoms with Gasteiger partial charge in [-0.15, -0.1) is 0 Å². The van der Waals surface area contributed by atoms with Crippen LogP contribution in [0.4, 0.5) is 13.2 Å². The van der Waals surface area contributed by atoms with E-state index in [0.717, 1.165) is 24.3 Å². The van der Waals surface area contributed by atoms with E-state index < -0.39 is 31.6 Å². The van der Waals surface area contributed by atoms with E-state index in [1.165, 1.54) is 4.31 Å². The Kier molecular flexibility index (Phi) is 5.10. The number of halogens is 3. The standard InChI is InChI=1S/C15H19F3N2O4S2/c16-15(17,18)12-1-3-14(4-2-12)26(23,24)20-8-6-19(7-9-20)13-5-10-25(21,22)11-13/h1-4,13H,5-11H2. The van der Waals surface area contributed by atoms with Crippen molar-refractivity contribution in [1.82, 2.24) is 9.21 Å². The lowest BCUT2D eigenvalue weighted by atomic mass is 10.2. The summed E-state index contributed by atoms with van der Waals surface area (Å²) < 4.78 is 87.4. The highest BCUT2D eigenvalue weighted by atomic mass is 32.2. The molecule has 2 heterocycles. The van der Waals surface area contributed by atoms with Crippen molar-refractivity contribution < 1.29 is 30.0 Å². The Bertz CT molecular complexity index is 859. The molecule has 0 N–H and O–H groups in total. The Morgan fingerprint density at radius 1 is 1.00 bits per heavy atom. The third-order valence-corrected chi connectivity index (χ3v) is 8.48. The van der Waals surface area contributed by atoms with Crippen molar-refractivity contribution in [2.24, 2.45) is 0 Å². The summed E-state index contributed by atoms with van der Waals surface area (Å²) in [6, 6.07) is 3.36. The maximum atomic E-state index is 12.6. The molecule has 1 atom stereocenters. The number of rotatable bonds is 3. The van der Waals surface area contributed by atoms with E-state index in [4.69, 9.17) is 0 Å². The van der Waals surface area contributed by atoms with Gasteiger partial charge >= 0.3 is 6.18 Å². The minimum Gasteiger partial charge on any atom is -0.297 e. The highest BCUT2D eigenvalue weighted by Crippen LogP contribution is 2.30. The highest BCUT2D eigenvalue weighted by molar-refractivity contribution is 7.91. The molecule has 2 saturated heterocycles. The minimum absolute atomic E-state index is 0.0871. The van der Waals surface area contributed by atoms with Crippen molar-refractivity contribution in [1.29, 1.82) is 0 Å². The zero-order chi connectivity index (χ0) is 19.2. The molecule has 146 valence electrons. The first-order chi connectivity index (χ1) is 12.0. The number of benzene rings is 1. The second kappa shape index (κ2) is 6.77. The smallest absolute Gasteiger partial charge is 0.297 e. The summed E-state index contributed by atoms with van der Waals surface area (Å²) in [5.74, 6) is 0.250. The van der Waals surface area contributed by atoms with Gasteiger partial charge in [0.2, 0.25) is 10.0 Å². The number of sulfone groups is 1. The van der Waals surface area contributed by atoms with Crippen molar-refractivity contribution in [2.75, 3.05) is 37.7 Å². The van der Waals surface area contributed by atoms with Gasteiger partial charge in [0.15, 0.2) is 9.84 Å². The van der Waals surface area contributed by atoms with Crippen LogP contribution in [0, 0.1) is 0 Å². The van der Waals surface area contributed by atoms with E-state index in [-0.39, 0.29) is 35.5 Å². The molecule has 0 spiro atoms. The molecule has 0 aliphatic carbocycles. The van der Waals surface area contributed by atoms with E-state index in [9.17, 15) is 30.0 Å². The molecule has 3 rings (SSSR count). The van der Waals surface area contributed by atoms with Gasteiger partial charge in [-0.1, -0.05) is 0 Å². The molecule has 1 aromatic carbocycles. The summed E-state index contributed by atoms with van der Waals surface area (Å²) in [4.78, 5) is 1.80. The third kappa shape index (κ3) is 4.05. The Balaban J connectivity index is 1.66. The molecule has 11 heteroatoms. The number of piperazine rings is 1. The van der Waals surface area contributed by atoms with Crippen LogP contribution in [0.5, 0.6) is 0 Å². The molecule has 2 aliphatic heterocycles. The molecular weight excluding hydrogens is 393 g/mol. The Morgan fingerprint density at radius 2 is 1.58 bits per heavy atom. The van der Waals surface area contributed by atoms with Gasteiger partial charge in [0.05, 0.1) is 22.0 Å². The Labute approximate surface area is 150 Å². The molecule has 0 bridgehead atoms. The second-order valence-corrected chi connectivity index (χ2v) is 10.7. The summed E-state index contributed by atoms with van der Waals surface area (Å²) in [6.07, 6.45) is -3.97. The molecule has 6 nitrogen and oxygen atoms in total. The van der Waals surface area contributed by atoms with Gasteiger partial charge in [-0.3, -0.25) is 4.90 Å².